The van der Waals surface area contributed by atoms with E-state index in [1.54, 1.807) is 29.6 Å². The number of hydrogen-bond acceptors (Lipinski definition) is 8. The summed E-state index contributed by atoms with van der Waals surface area (Å²) in [7, 11) is 0. The number of nitro groups is 1. The lowest BCUT2D eigenvalue weighted by atomic mass is 10.1. The van der Waals surface area contributed by atoms with Gasteiger partial charge in [-0.1, -0.05) is 24.3 Å². The van der Waals surface area contributed by atoms with Crippen LogP contribution < -0.4 is 10.2 Å². The van der Waals surface area contributed by atoms with Crippen LogP contribution in [0, 0.1) is 10.1 Å². The number of piperazine rings is 1. The Bertz CT molecular complexity index is 1090. The van der Waals surface area contributed by atoms with E-state index in [9.17, 15) is 20.0 Å². The van der Waals surface area contributed by atoms with Crippen LogP contribution in [0.3, 0.4) is 0 Å². The van der Waals surface area contributed by atoms with Crippen molar-refractivity contribution in [1.82, 2.24) is 9.88 Å². The third kappa shape index (κ3) is 4.98. The molecule has 0 spiro atoms. The summed E-state index contributed by atoms with van der Waals surface area (Å²) in [4.78, 5) is 31.5. The second-order valence-electron chi connectivity index (χ2n) is 7.15. The molecule has 2 heterocycles. The van der Waals surface area contributed by atoms with Crippen molar-refractivity contribution < 1.29 is 14.8 Å². The highest BCUT2D eigenvalue weighted by Gasteiger charge is 2.21. The Kier molecular flexibility index (Phi) is 6.10. The summed E-state index contributed by atoms with van der Waals surface area (Å²) in [6, 6.07) is 13.5. The van der Waals surface area contributed by atoms with Gasteiger partial charge in [-0.25, -0.2) is 4.98 Å². The molecule has 0 radical (unpaired) electrons. The van der Waals surface area contributed by atoms with Crippen molar-refractivity contribution in [2.75, 3.05) is 42.9 Å². The van der Waals surface area contributed by atoms with Crippen molar-refractivity contribution in [2.45, 2.75) is 0 Å². The number of para-hydroxylation sites is 2. The van der Waals surface area contributed by atoms with E-state index in [0.29, 0.717) is 29.5 Å². The largest absolute Gasteiger partial charge is 0.506 e. The molecular formula is C21H21N5O4S. The Morgan fingerprint density at radius 3 is 2.68 bits per heavy atom. The van der Waals surface area contributed by atoms with Crippen LogP contribution in [0.1, 0.15) is 0 Å². The number of nitrogens with one attached hydrogen (secondary N) is 1. The molecule has 160 valence electrons. The van der Waals surface area contributed by atoms with Crippen LogP contribution in [0.2, 0.25) is 0 Å². The van der Waals surface area contributed by atoms with Crippen molar-refractivity contribution in [3.63, 3.8) is 0 Å². The first-order valence-corrected chi connectivity index (χ1v) is 10.6. The molecule has 0 bridgehead atoms. The molecule has 0 atom stereocenters. The first-order chi connectivity index (χ1) is 15.0. The van der Waals surface area contributed by atoms with Crippen LogP contribution in [-0.2, 0) is 4.79 Å². The number of benzene rings is 2. The van der Waals surface area contributed by atoms with Crippen LogP contribution in [0.25, 0.3) is 11.3 Å². The van der Waals surface area contributed by atoms with Gasteiger partial charge < -0.3 is 15.3 Å². The van der Waals surface area contributed by atoms with Crippen LogP contribution in [0.15, 0.2) is 53.9 Å². The highest BCUT2D eigenvalue weighted by Crippen LogP contribution is 2.28. The Labute approximate surface area is 182 Å². The maximum absolute atomic E-state index is 12.4. The molecule has 3 aromatic rings. The summed E-state index contributed by atoms with van der Waals surface area (Å²) in [6.45, 7) is 3.11. The van der Waals surface area contributed by atoms with Crippen LogP contribution in [0.5, 0.6) is 5.75 Å². The summed E-state index contributed by atoms with van der Waals surface area (Å²) in [6.07, 6.45) is 0. The summed E-state index contributed by atoms with van der Waals surface area (Å²) in [5.41, 5.74) is 2.02. The zero-order valence-corrected chi connectivity index (χ0v) is 17.4. The number of aromatic nitrogens is 1. The van der Waals surface area contributed by atoms with Gasteiger partial charge in [0.25, 0.3) is 5.69 Å². The van der Waals surface area contributed by atoms with Crippen molar-refractivity contribution >= 4 is 33.8 Å². The quantitative estimate of drug-likeness (QED) is 0.448. The Morgan fingerprint density at radius 2 is 1.94 bits per heavy atom. The van der Waals surface area contributed by atoms with E-state index < -0.39 is 4.92 Å². The van der Waals surface area contributed by atoms with Gasteiger partial charge >= 0.3 is 0 Å². The summed E-state index contributed by atoms with van der Waals surface area (Å²) < 4.78 is 0. The number of amides is 1. The molecule has 1 aliphatic rings. The molecule has 0 aliphatic carbocycles. The smallest absolute Gasteiger partial charge is 0.270 e. The van der Waals surface area contributed by atoms with Crippen molar-refractivity contribution in [2.24, 2.45) is 0 Å². The van der Waals surface area contributed by atoms with Crippen molar-refractivity contribution in [1.29, 1.82) is 0 Å². The maximum atomic E-state index is 12.4. The fourth-order valence-corrected chi connectivity index (χ4v) is 4.22. The zero-order chi connectivity index (χ0) is 21.8. The van der Waals surface area contributed by atoms with E-state index in [2.05, 4.69) is 20.1 Å². The van der Waals surface area contributed by atoms with Gasteiger partial charge in [-0.2, -0.15) is 0 Å². The number of non-ortho nitro benzene ring substituents is 1. The van der Waals surface area contributed by atoms with E-state index in [-0.39, 0.29) is 23.9 Å². The predicted octanol–water partition coefficient (Wildman–Crippen LogP) is 3.18. The van der Waals surface area contributed by atoms with Crippen LogP contribution in [-0.4, -0.2) is 58.5 Å². The van der Waals surface area contributed by atoms with E-state index in [1.807, 2.05) is 12.1 Å². The fraction of sp³-hybridized carbons (Fsp3) is 0.238. The number of nitrogens with zero attached hydrogens (tertiary/aromatic N) is 4. The molecule has 1 fully saturated rings. The zero-order valence-electron chi connectivity index (χ0n) is 16.6. The number of anilines is 2. The molecule has 1 aromatic heterocycles. The summed E-state index contributed by atoms with van der Waals surface area (Å²) >= 11 is 1.28. The van der Waals surface area contributed by atoms with Crippen molar-refractivity contribution in [3.8, 4) is 17.0 Å². The molecule has 2 aromatic carbocycles. The van der Waals surface area contributed by atoms with E-state index in [0.717, 1.165) is 18.8 Å². The number of carbonyl (C=O) groups excluding carboxylic acids is 1. The van der Waals surface area contributed by atoms with Gasteiger partial charge in [-0.15, -0.1) is 11.3 Å². The number of aromatic hydroxyl groups is 1. The van der Waals surface area contributed by atoms with E-state index >= 15 is 0 Å². The fourth-order valence-electron chi connectivity index (χ4n) is 3.48. The molecule has 1 amide bonds. The lowest BCUT2D eigenvalue weighted by Gasteiger charge is -2.35. The first-order valence-electron chi connectivity index (χ1n) is 9.75. The molecule has 31 heavy (non-hydrogen) atoms. The highest BCUT2D eigenvalue weighted by molar-refractivity contribution is 7.14. The maximum Gasteiger partial charge on any atom is 0.270 e. The minimum Gasteiger partial charge on any atom is -0.506 e. The second-order valence-corrected chi connectivity index (χ2v) is 8.00. The standard InChI is InChI=1S/C21H21N5O4S/c27-19-7-2-1-6-18(19)25-10-8-24(9-11-25)13-20(28)23-21-22-17(14-31-21)15-4-3-5-16(12-15)26(29)30/h1-7,12,14,27H,8-11,13H2,(H,22,23,28). The topological polar surface area (TPSA) is 112 Å². The van der Waals surface area contributed by atoms with Gasteiger partial charge in [0.05, 0.1) is 22.8 Å². The number of nitro benzene ring substituents is 1. The number of hydrogen-bond donors (Lipinski definition) is 2. The molecule has 0 unspecified atom stereocenters. The number of phenols is 1. The second kappa shape index (κ2) is 9.11. The first kappa shape index (κ1) is 20.8. The van der Waals surface area contributed by atoms with Gasteiger partial charge in [-0.3, -0.25) is 19.8 Å². The third-order valence-corrected chi connectivity index (χ3v) is 5.82. The number of rotatable bonds is 6. The lowest BCUT2D eigenvalue weighted by molar-refractivity contribution is -0.384. The minimum absolute atomic E-state index is 0.000880. The third-order valence-electron chi connectivity index (χ3n) is 5.07. The number of thiazole rings is 1. The monoisotopic (exact) mass is 439 g/mol. The molecule has 1 aliphatic heterocycles. The highest BCUT2D eigenvalue weighted by atomic mass is 32.1. The molecule has 1 saturated heterocycles. The lowest BCUT2D eigenvalue weighted by Crippen LogP contribution is -2.48. The average Bonchev–Trinajstić information content (AvgIpc) is 3.23. The Balaban J connectivity index is 1.31. The Morgan fingerprint density at radius 1 is 1.16 bits per heavy atom. The average molecular weight is 439 g/mol. The molecule has 2 N–H and O–H groups in total. The van der Waals surface area contributed by atoms with Gasteiger partial charge in [0.2, 0.25) is 5.91 Å². The van der Waals surface area contributed by atoms with Crippen molar-refractivity contribution in [3.05, 3.63) is 64.0 Å². The number of phenolic OH excluding ortho intramolecular Hbond substituents is 1. The van der Waals surface area contributed by atoms with Gasteiger partial charge in [0, 0.05) is 49.3 Å². The molecule has 4 rings (SSSR count). The Hall–Kier alpha value is -3.50. The number of carbonyl (C=O) groups is 1. The minimum atomic E-state index is -0.447. The normalized spacial score (nSPS) is 14.4. The van der Waals surface area contributed by atoms with E-state index in [1.165, 1.54) is 23.5 Å². The molecule has 9 nitrogen and oxygen atoms in total. The van der Waals surface area contributed by atoms with Gasteiger partial charge in [0.15, 0.2) is 5.13 Å². The van der Waals surface area contributed by atoms with Gasteiger partial charge in [0.1, 0.15) is 5.75 Å². The molecular weight excluding hydrogens is 418 g/mol. The summed E-state index contributed by atoms with van der Waals surface area (Å²) in [5, 5.41) is 26.0. The SMILES string of the molecule is O=C(CN1CCN(c2ccccc2O)CC1)Nc1nc(-c2cccc([N+](=O)[O-])c2)cs1. The predicted molar refractivity (Wildman–Crippen MR) is 120 cm³/mol. The van der Waals surface area contributed by atoms with E-state index in [4.69, 9.17) is 0 Å². The van der Waals surface area contributed by atoms with Gasteiger partial charge in [-0.05, 0) is 12.1 Å². The molecule has 10 heteroatoms. The van der Waals surface area contributed by atoms with Crippen LogP contribution >= 0.6 is 11.3 Å². The molecule has 0 saturated carbocycles. The summed E-state index contributed by atoms with van der Waals surface area (Å²) in [5.74, 6) is 0.105. The van der Waals surface area contributed by atoms with Crippen LogP contribution in [0.4, 0.5) is 16.5 Å².